The molecule has 1 aliphatic heterocycles. The summed E-state index contributed by atoms with van der Waals surface area (Å²) in [5.74, 6) is 0. The molecule has 1 N–H and O–H groups in total. The predicted octanol–water partition coefficient (Wildman–Crippen LogP) is 1.56. The van der Waals surface area contributed by atoms with Crippen molar-refractivity contribution in [2.75, 3.05) is 13.1 Å². The van der Waals surface area contributed by atoms with Crippen molar-refractivity contribution < 1.29 is 0 Å². The lowest BCUT2D eigenvalue weighted by Gasteiger charge is -2.27. The van der Waals surface area contributed by atoms with Crippen LogP contribution in [0.4, 0.5) is 0 Å². The standard InChI is InChI=1S/C6H12IN/c1-6(7)2-4-8-5-3-6/h8H,2-5H2,1H3. The van der Waals surface area contributed by atoms with Crippen molar-refractivity contribution >= 4 is 22.6 Å². The molecule has 0 bridgehead atoms. The molecule has 0 aromatic heterocycles. The highest BCUT2D eigenvalue weighted by Crippen LogP contribution is 2.27. The van der Waals surface area contributed by atoms with Gasteiger partial charge in [-0.15, -0.1) is 0 Å². The molecule has 0 aromatic carbocycles. The first-order valence-corrected chi connectivity index (χ1v) is 4.18. The Morgan fingerprint density at radius 3 is 2.12 bits per heavy atom. The Morgan fingerprint density at radius 2 is 1.88 bits per heavy atom. The van der Waals surface area contributed by atoms with E-state index in [4.69, 9.17) is 0 Å². The van der Waals surface area contributed by atoms with Crippen LogP contribution in [0.2, 0.25) is 0 Å². The summed E-state index contributed by atoms with van der Waals surface area (Å²) in [6, 6.07) is 0. The molecule has 0 radical (unpaired) electrons. The molecule has 0 aromatic rings. The monoisotopic (exact) mass is 225 g/mol. The lowest BCUT2D eigenvalue weighted by atomic mass is 10.0. The number of hydrogen-bond acceptors (Lipinski definition) is 1. The van der Waals surface area contributed by atoms with Crippen LogP contribution in [0, 0.1) is 0 Å². The zero-order chi connectivity index (χ0) is 6.04. The Hall–Kier alpha value is 0.690. The SMILES string of the molecule is CC1(I)CCNCC1. The summed E-state index contributed by atoms with van der Waals surface area (Å²) >= 11 is 2.55. The molecule has 1 nitrogen and oxygen atoms in total. The minimum Gasteiger partial charge on any atom is -0.317 e. The first-order valence-electron chi connectivity index (χ1n) is 3.10. The molecule has 0 amide bonds. The Balaban J connectivity index is 2.33. The van der Waals surface area contributed by atoms with Gasteiger partial charge in [0.1, 0.15) is 0 Å². The molecule has 1 heterocycles. The van der Waals surface area contributed by atoms with Gasteiger partial charge in [-0.2, -0.15) is 0 Å². The number of piperidine rings is 1. The van der Waals surface area contributed by atoms with Crippen LogP contribution in [0.5, 0.6) is 0 Å². The van der Waals surface area contributed by atoms with E-state index in [9.17, 15) is 0 Å². The third-order valence-corrected chi connectivity index (χ3v) is 2.72. The molecule has 0 spiro atoms. The van der Waals surface area contributed by atoms with Gasteiger partial charge in [0.25, 0.3) is 0 Å². The Bertz CT molecular complexity index is 72.6. The van der Waals surface area contributed by atoms with Crippen LogP contribution >= 0.6 is 22.6 Å². The lowest BCUT2D eigenvalue weighted by Crippen LogP contribution is -2.34. The second-order valence-electron chi connectivity index (χ2n) is 2.66. The molecule has 0 aliphatic carbocycles. The maximum absolute atomic E-state index is 3.34. The van der Waals surface area contributed by atoms with Gasteiger partial charge in [-0.1, -0.05) is 29.5 Å². The minimum absolute atomic E-state index is 0.586. The van der Waals surface area contributed by atoms with Crippen LogP contribution in [0.15, 0.2) is 0 Å². The van der Waals surface area contributed by atoms with Gasteiger partial charge >= 0.3 is 0 Å². The molecule has 1 rings (SSSR count). The lowest BCUT2D eigenvalue weighted by molar-refractivity contribution is 0.456. The van der Waals surface area contributed by atoms with Crippen molar-refractivity contribution in [2.24, 2.45) is 0 Å². The van der Waals surface area contributed by atoms with E-state index in [2.05, 4.69) is 34.8 Å². The van der Waals surface area contributed by atoms with Gasteiger partial charge < -0.3 is 5.32 Å². The van der Waals surface area contributed by atoms with Gasteiger partial charge in [0.2, 0.25) is 0 Å². The summed E-state index contributed by atoms with van der Waals surface area (Å²) in [7, 11) is 0. The highest BCUT2D eigenvalue weighted by atomic mass is 127. The molecule has 2 heteroatoms. The molecular formula is C6H12IN. The molecule has 1 saturated heterocycles. The molecule has 1 aliphatic rings. The van der Waals surface area contributed by atoms with Gasteiger partial charge in [0, 0.05) is 3.42 Å². The van der Waals surface area contributed by atoms with Crippen molar-refractivity contribution in [2.45, 2.75) is 23.2 Å². The zero-order valence-corrected chi connectivity index (χ0v) is 7.36. The fraction of sp³-hybridized carbons (Fsp3) is 1.00. The van der Waals surface area contributed by atoms with E-state index in [0.717, 1.165) is 0 Å². The van der Waals surface area contributed by atoms with E-state index < -0.39 is 0 Å². The fourth-order valence-corrected chi connectivity index (χ4v) is 1.49. The van der Waals surface area contributed by atoms with E-state index in [-0.39, 0.29) is 0 Å². The largest absolute Gasteiger partial charge is 0.317 e. The van der Waals surface area contributed by atoms with Crippen LogP contribution in [-0.4, -0.2) is 16.5 Å². The van der Waals surface area contributed by atoms with Crippen LogP contribution in [0.3, 0.4) is 0 Å². The van der Waals surface area contributed by atoms with Gasteiger partial charge in [0.15, 0.2) is 0 Å². The summed E-state index contributed by atoms with van der Waals surface area (Å²) < 4.78 is 0.586. The summed E-state index contributed by atoms with van der Waals surface area (Å²) in [6.07, 6.45) is 2.65. The topological polar surface area (TPSA) is 12.0 Å². The van der Waals surface area contributed by atoms with Crippen LogP contribution in [-0.2, 0) is 0 Å². The first kappa shape index (κ1) is 6.81. The van der Waals surface area contributed by atoms with Crippen molar-refractivity contribution in [3.63, 3.8) is 0 Å². The molecule has 0 atom stereocenters. The molecule has 0 unspecified atom stereocenters. The Labute approximate surface area is 64.4 Å². The van der Waals surface area contributed by atoms with Crippen molar-refractivity contribution in [3.8, 4) is 0 Å². The Kier molecular flexibility index (Phi) is 2.14. The highest BCUT2D eigenvalue weighted by molar-refractivity contribution is 14.1. The number of nitrogens with one attached hydrogen (secondary N) is 1. The van der Waals surface area contributed by atoms with E-state index in [0.29, 0.717) is 3.42 Å². The van der Waals surface area contributed by atoms with E-state index in [1.807, 2.05) is 0 Å². The van der Waals surface area contributed by atoms with Crippen molar-refractivity contribution in [1.29, 1.82) is 0 Å². The second kappa shape index (κ2) is 2.52. The van der Waals surface area contributed by atoms with Gasteiger partial charge in [-0.3, -0.25) is 0 Å². The summed E-state index contributed by atoms with van der Waals surface area (Å²) in [4.78, 5) is 0. The third kappa shape index (κ3) is 1.90. The average molecular weight is 225 g/mol. The molecular weight excluding hydrogens is 213 g/mol. The van der Waals surface area contributed by atoms with Crippen molar-refractivity contribution in [3.05, 3.63) is 0 Å². The number of halogens is 1. The normalized spacial score (nSPS) is 27.8. The van der Waals surface area contributed by atoms with Crippen LogP contribution in [0.1, 0.15) is 19.8 Å². The van der Waals surface area contributed by atoms with Crippen molar-refractivity contribution in [1.82, 2.24) is 5.32 Å². The fourth-order valence-electron chi connectivity index (χ4n) is 0.948. The van der Waals surface area contributed by atoms with Gasteiger partial charge in [-0.25, -0.2) is 0 Å². The van der Waals surface area contributed by atoms with Crippen LogP contribution < -0.4 is 5.32 Å². The highest BCUT2D eigenvalue weighted by Gasteiger charge is 2.21. The second-order valence-corrected chi connectivity index (χ2v) is 5.27. The van der Waals surface area contributed by atoms with Crippen LogP contribution in [0.25, 0.3) is 0 Å². The Morgan fingerprint density at radius 1 is 1.38 bits per heavy atom. The molecule has 0 saturated carbocycles. The molecule has 48 valence electrons. The predicted molar refractivity (Wildman–Crippen MR) is 44.5 cm³/mol. The minimum atomic E-state index is 0.586. The van der Waals surface area contributed by atoms with Gasteiger partial charge in [-0.05, 0) is 25.9 Å². The van der Waals surface area contributed by atoms with E-state index in [1.54, 1.807) is 0 Å². The summed E-state index contributed by atoms with van der Waals surface area (Å²) in [5.41, 5.74) is 0. The molecule has 1 fully saturated rings. The number of hydrogen-bond donors (Lipinski definition) is 1. The summed E-state index contributed by atoms with van der Waals surface area (Å²) in [6.45, 7) is 4.74. The molecule has 8 heavy (non-hydrogen) atoms. The average Bonchev–Trinajstić information content (AvgIpc) is 1.65. The number of rotatable bonds is 0. The third-order valence-electron chi connectivity index (χ3n) is 1.65. The summed E-state index contributed by atoms with van der Waals surface area (Å²) in [5, 5.41) is 3.34. The van der Waals surface area contributed by atoms with Gasteiger partial charge in [0.05, 0.1) is 0 Å². The van der Waals surface area contributed by atoms with E-state index >= 15 is 0 Å². The quantitative estimate of drug-likeness (QED) is 0.487. The van der Waals surface area contributed by atoms with E-state index in [1.165, 1.54) is 25.9 Å². The maximum atomic E-state index is 3.34. The smallest absolute Gasteiger partial charge is 0.0218 e. The maximum Gasteiger partial charge on any atom is 0.0218 e. The number of alkyl halides is 1. The first-order chi connectivity index (χ1) is 3.71. The zero-order valence-electron chi connectivity index (χ0n) is 5.21.